The number of methoxy groups -OCH3 is 2. The highest BCUT2D eigenvalue weighted by molar-refractivity contribution is 5.94. The van der Waals surface area contributed by atoms with Gasteiger partial charge in [0, 0.05) is 51.7 Å². The Morgan fingerprint density at radius 2 is 1.63 bits per heavy atom. The number of carbonyl (C=O) groups excluding carboxylic acids is 5. The van der Waals surface area contributed by atoms with Gasteiger partial charge in [0.15, 0.2) is 17.5 Å². The Hall–Kier alpha value is -4.67. The van der Waals surface area contributed by atoms with Gasteiger partial charge in [-0.3, -0.25) is 9.59 Å². The van der Waals surface area contributed by atoms with Crippen LogP contribution in [0, 0.1) is 16.7 Å². The maximum atomic E-state index is 15.8. The molecule has 0 unspecified atom stereocenters. The van der Waals surface area contributed by atoms with Crippen LogP contribution in [0.4, 0.5) is 4.79 Å². The van der Waals surface area contributed by atoms with Gasteiger partial charge in [0.2, 0.25) is 0 Å². The Labute approximate surface area is 366 Å². The second-order valence-corrected chi connectivity index (χ2v) is 16.4. The Kier molecular flexibility index (Phi) is 8.49. The molecule has 1 amide bonds. The average molecular weight is 848 g/mol. The van der Waals surface area contributed by atoms with Crippen molar-refractivity contribution in [3.8, 4) is 0 Å². The van der Waals surface area contributed by atoms with E-state index in [0.29, 0.717) is 0 Å². The van der Waals surface area contributed by atoms with Crippen LogP contribution in [-0.2, 0) is 47.5 Å². The molecule has 2 bridgehead atoms. The number of hydrogen-bond acceptors (Lipinski definition) is 14. The molecule has 326 valence electrons. The van der Waals surface area contributed by atoms with Gasteiger partial charge in [0.1, 0.15) is 35.6 Å². The summed E-state index contributed by atoms with van der Waals surface area (Å²) in [5, 5.41) is 27.7. The zero-order chi connectivity index (χ0) is 54.2. The highest BCUT2D eigenvalue weighted by Gasteiger charge is 2.78. The first-order valence-electron chi connectivity index (χ1n) is 25.2. The molecule has 0 spiro atoms. The van der Waals surface area contributed by atoms with Gasteiger partial charge in [-0.1, -0.05) is 62.4 Å². The van der Waals surface area contributed by atoms with Crippen LogP contribution in [0.15, 0.2) is 71.8 Å². The molecule has 3 fully saturated rings. The highest BCUT2D eigenvalue weighted by atomic mass is 16.6. The molecule has 2 aromatic carbocycles. The Morgan fingerprint density at radius 3 is 2.20 bits per heavy atom. The molecule has 2 aromatic rings. The highest BCUT2D eigenvalue weighted by Crippen LogP contribution is 2.64. The summed E-state index contributed by atoms with van der Waals surface area (Å²) in [6.07, 6.45) is -13.6. The van der Waals surface area contributed by atoms with Crippen molar-refractivity contribution in [2.75, 3.05) is 20.8 Å². The van der Waals surface area contributed by atoms with E-state index in [4.69, 9.17) is 49.6 Å². The fourth-order valence-corrected chi connectivity index (χ4v) is 9.82. The number of amides is 1. The van der Waals surface area contributed by atoms with Crippen molar-refractivity contribution in [2.24, 2.45) is 16.7 Å². The molecule has 60 heavy (non-hydrogen) atoms. The minimum atomic E-state index is -4.13. The summed E-state index contributed by atoms with van der Waals surface area (Å²) in [6.45, 7) is -5.77. The largest absolute Gasteiger partial charge is 0.456 e. The predicted octanol–water partition coefficient (Wildman–Crippen LogP) is 4.57. The van der Waals surface area contributed by atoms with Crippen molar-refractivity contribution in [1.29, 1.82) is 0 Å². The maximum Gasteiger partial charge on any atom is 0.408 e. The van der Waals surface area contributed by atoms with Crippen LogP contribution in [-0.4, -0.2) is 114 Å². The van der Waals surface area contributed by atoms with Crippen LogP contribution in [0.5, 0.6) is 0 Å². The van der Waals surface area contributed by atoms with Crippen molar-refractivity contribution >= 4 is 29.8 Å². The number of aliphatic hydroxyl groups is 2. The second kappa shape index (κ2) is 16.3. The van der Waals surface area contributed by atoms with Gasteiger partial charge in [0.25, 0.3) is 0 Å². The van der Waals surface area contributed by atoms with E-state index in [9.17, 15) is 29.4 Å². The summed E-state index contributed by atoms with van der Waals surface area (Å²) in [4.78, 5) is 71.5. The fraction of sp³-hybridized carbons (Fsp3) is 0.578. The van der Waals surface area contributed by atoms with Crippen LogP contribution in [0.1, 0.15) is 106 Å². The third-order valence-corrected chi connectivity index (χ3v) is 12.8. The third kappa shape index (κ3) is 7.52. The molecule has 6 rings (SSSR count). The van der Waals surface area contributed by atoms with Crippen molar-refractivity contribution in [2.45, 2.75) is 127 Å². The van der Waals surface area contributed by atoms with Gasteiger partial charge in [-0.25, -0.2) is 14.4 Å². The molecule has 15 nitrogen and oxygen atoms in total. The van der Waals surface area contributed by atoms with E-state index >= 15 is 4.79 Å². The lowest BCUT2D eigenvalue weighted by atomic mass is 9.44. The maximum absolute atomic E-state index is 15.8. The van der Waals surface area contributed by atoms with Gasteiger partial charge in [-0.05, 0) is 63.2 Å². The zero-order valence-electron chi connectivity index (χ0n) is 45.8. The normalized spacial score (nSPS) is 36.8. The van der Waals surface area contributed by atoms with E-state index in [-0.39, 0.29) is 28.7 Å². The number of rotatable bonds is 10. The predicted molar refractivity (Wildman–Crippen MR) is 213 cm³/mol. The Morgan fingerprint density at radius 1 is 0.983 bits per heavy atom. The molecule has 1 saturated heterocycles. The van der Waals surface area contributed by atoms with Crippen molar-refractivity contribution < 1.29 is 83.8 Å². The lowest BCUT2D eigenvalue weighted by Gasteiger charge is -2.67. The van der Waals surface area contributed by atoms with Gasteiger partial charge in [0.05, 0.1) is 39.8 Å². The SMILES string of the molecule is [2H]C([2H])([2H])O[C@H]1C(=O)[C@]2(C)[C@@H](OC)C[C@H]3OC[C@@]3(OC(C)=O)[C@H]2[C@H](OC(=O)c2ccccc2)[C@]2(O)C[C@H](OC(=O)[C@H](O)[C@@H](NC(=O)OC(C([2H])([2H])[2H])(C([2H])([2H])[2H])C([2H])([2H])[2H])c3ccccc3)C(C)=C1C2(C)C. The Balaban J connectivity index is 1.53. The molecular weight excluding hydrogens is 778 g/mol. The number of benzene rings is 2. The monoisotopic (exact) mass is 847 g/mol. The van der Waals surface area contributed by atoms with Gasteiger partial charge < -0.3 is 48.7 Å². The van der Waals surface area contributed by atoms with E-state index in [1.807, 2.05) is 5.32 Å². The number of alkyl carbamates (subject to hydrolysis) is 1. The standard InChI is InChI=1S/C45H57NO14/c1-24-28(57-39(51)33(48)32(26-17-13-11-14-18-26)46-40(52)60-41(3,4)5)22-45(53)37(58-38(50)27-19-15-12-16-20-27)35-43(8,36(49)34(55-10)31(24)42(45,6)7)29(54-9)21-30-44(35,23-56-30)59-25(2)47/h11-20,28-30,32-35,37,48,53H,21-23H2,1-10H3,(H,46,52)/t28-,29-,30+,32-,33+,34+,35-,37-,43+,44-,45+/m0/s1/i3D3,4D3,5D3,10D3. The number of carbonyl (C=O) groups is 5. The van der Waals surface area contributed by atoms with Gasteiger partial charge in [-0.15, -0.1) is 0 Å². The minimum absolute atomic E-state index is 0.0275. The summed E-state index contributed by atoms with van der Waals surface area (Å²) >= 11 is 0. The number of fused-ring (bicyclic) bond motifs is 5. The number of nitrogens with one attached hydrogen (secondary N) is 1. The molecule has 4 aliphatic rings. The van der Waals surface area contributed by atoms with Crippen LogP contribution in [0.25, 0.3) is 0 Å². The molecule has 3 N–H and O–H groups in total. The Bertz CT molecular complexity index is 2410. The number of esters is 3. The molecule has 2 saturated carbocycles. The molecule has 1 heterocycles. The van der Waals surface area contributed by atoms with Crippen molar-refractivity contribution in [3.05, 3.63) is 82.9 Å². The fourth-order valence-electron chi connectivity index (χ4n) is 9.82. The number of ether oxygens (including phenoxy) is 7. The van der Waals surface area contributed by atoms with E-state index in [1.165, 1.54) is 89.4 Å². The van der Waals surface area contributed by atoms with Crippen molar-refractivity contribution in [3.63, 3.8) is 0 Å². The lowest BCUT2D eigenvalue weighted by Crippen LogP contribution is -2.82. The summed E-state index contributed by atoms with van der Waals surface area (Å²) in [5.41, 5.74) is -13.1. The van der Waals surface area contributed by atoms with E-state index in [1.54, 1.807) is 6.07 Å². The summed E-state index contributed by atoms with van der Waals surface area (Å²) in [7, 11) is -2.08. The van der Waals surface area contributed by atoms with E-state index < -0.39 is 147 Å². The molecule has 3 aliphatic carbocycles. The molecule has 1 aliphatic heterocycles. The smallest absolute Gasteiger partial charge is 0.408 e. The number of Topliss-reactive ketones (excluding diaryl/α,β-unsaturated/α-hetero) is 1. The molecule has 15 heteroatoms. The van der Waals surface area contributed by atoms with Gasteiger partial charge >= 0.3 is 24.0 Å². The third-order valence-electron chi connectivity index (χ3n) is 12.8. The summed E-state index contributed by atoms with van der Waals surface area (Å²) in [6, 6.07) is 12.3. The molecule has 11 atom stereocenters. The second-order valence-electron chi connectivity index (χ2n) is 16.4. The number of hydrogen-bond donors (Lipinski definition) is 3. The van der Waals surface area contributed by atoms with Gasteiger partial charge in [-0.2, -0.15) is 0 Å². The van der Waals surface area contributed by atoms with E-state index in [2.05, 4.69) is 0 Å². The summed E-state index contributed by atoms with van der Waals surface area (Å²) in [5.74, 6) is -6.16. The summed E-state index contributed by atoms with van der Waals surface area (Å²) < 4.78 is 137. The first kappa shape index (κ1) is 31.2. The topological polar surface area (TPSA) is 202 Å². The zero-order valence-corrected chi connectivity index (χ0v) is 33.8. The number of aliphatic hydroxyl groups excluding tert-OH is 1. The first-order chi connectivity index (χ1) is 33.0. The van der Waals surface area contributed by atoms with E-state index in [0.717, 1.165) is 6.92 Å². The molecular formula is C45H57NO14. The quantitative estimate of drug-likeness (QED) is 0.171. The minimum Gasteiger partial charge on any atom is -0.456 e. The lowest BCUT2D eigenvalue weighted by molar-refractivity contribution is -0.347. The van der Waals surface area contributed by atoms with Crippen LogP contribution in [0.3, 0.4) is 0 Å². The van der Waals surface area contributed by atoms with Crippen LogP contribution >= 0.6 is 0 Å². The van der Waals surface area contributed by atoms with Crippen molar-refractivity contribution in [1.82, 2.24) is 5.32 Å². The molecule has 0 radical (unpaired) electrons. The number of ketones is 1. The molecule has 0 aromatic heterocycles. The average Bonchev–Trinajstić information content (AvgIpc) is 3.25. The first-order valence-corrected chi connectivity index (χ1v) is 19.2. The van der Waals surface area contributed by atoms with Crippen LogP contribution in [0.2, 0.25) is 0 Å². The van der Waals surface area contributed by atoms with Crippen LogP contribution < -0.4 is 5.32 Å².